The van der Waals surface area contributed by atoms with Crippen LogP contribution in [0.2, 0.25) is 0 Å². The number of nitrogens with zero attached hydrogens (tertiary/aromatic N) is 2. The van der Waals surface area contributed by atoms with Crippen LogP contribution in [0, 0.1) is 0 Å². The maximum Gasteiger partial charge on any atom is 0.290 e. The number of carbonyl (C=O) groups excluding carboxylic acids is 1. The average molecular weight is 337 g/mol. The molecule has 0 saturated carbocycles. The zero-order valence-corrected chi connectivity index (χ0v) is 12.3. The molecule has 1 aromatic carbocycles. The smallest absolute Gasteiger partial charge is 0.290 e. The number of hydrazone groups is 1. The molecule has 104 valence electrons. The lowest BCUT2D eigenvalue weighted by Gasteiger charge is -2.02. The summed E-state index contributed by atoms with van der Waals surface area (Å²) in [6.45, 7) is 2.56. The van der Waals surface area contributed by atoms with Crippen molar-refractivity contribution in [2.24, 2.45) is 5.10 Å². The molecule has 0 aliphatic heterocycles. The molecular formula is C13H13BrN4O2. The van der Waals surface area contributed by atoms with E-state index in [1.54, 1.807) is 6.21 Å². The standard InChI is InChI=1S/C13H13BrN4O2/c1-2-20-10-5-3-9(4-6-10)7-15-18-13(19)12-11(14)8-16-17-12/h3-8H,2H2,1H3,(H,16,17)(H,18,19). The summed E-state index contributed by atoms with van der Waals surface area (Å²) in [6, 6.07) is 7.40. The number of aromatic amines is 1. The Labute approximate surface area is 124 Å². The van der Waals surface area contributed by atoms with Crippen LogP contribution < -0.4 is 10.2 Å². The average Bonchev–Trinajstić information content (AvgIpc) is 2.87. The van der Waals surface area contributed by atoms with Crippen molar-refractivity contribution in [2.45, 2.75) is 6.92 Å². The molecule has 0 bridgehead atoms. The van der Waals surface area contributed by atoms with Crippen LogP contribution in [0.15, 0.2) is 40.0 Å². The van der Waals surface area contributed by atoms with Crippen molar-refractivity contribution >= 4 is 28.1 Å². The zero-order valence-electron chi connectivity index (χ0n) is 10.8. The van der Waals surface area contributed by atoms with Crippen LogP contribution in [0.5, 0.6) is 5.75 Å². The van der Waals surface area contributed by atoms with E-state index in [0.29, 0.717) is 16.8 Å². The normalized spacial score (nSPS) is 10.7. The predicted octanol–water partition coefficient (Wildman–Crippen LogP) is 2.33. The van der Waals surface area contributed by atoms with Crippen LogP contribution in [0.4, 0.5) is 0 Å². The van der Waals surface area contributed by atoms with E-state index in [0.717, 1.165) is 11.3 Å². The Kier molecular flexibility index (Phi) is 4.89. The number of benzene rings is 1. The quantitative estimate of drug-likeness (QED) is 0.649. The molecule has 0 aliphatic carbocycles. The summed E-state index contributed by atoms with van der Waals surface area (Å²) in [5.74, 6) is 0.437. The van der Waals surface area contributed by atoms with Gasteiger partial charge in [-0.05, 0) is 52.7 Å². The fraction of sp³-hybridized carbons (Fsp3) is 0.154. The molecule has 7 heteroatoms. The highest BCUT2D eigenvalue weighted by atomic mass is 79.9. The third-order valence-corrected chi connectivity index (χ3v) is 2.99. The van der Waals surface area contributed by atoms with Crippen LogP contribution in [0.1, 0.15) is 23.0 Å². The second-order valence-corrected chi connectivity index (χ2v) is 4.65. The van der Waals surface area contributed by atoms with Gasteiger partial charge in [0, 0.05) is 0 Å². The fourth-order valence-corrected chi connectivity index (χ4v) is 1.84. The number of carbonyl (C=O) groups is 1. The Morgan fingerprint density at radius 3 is 2.85 bits per heavy atom. The molecule has 0 aliphatic rings. The molecule has 0 saturated heterocycles. The topological polar surface area (TPSA) is 79.4 Å². The molecule has 2 rings (SSSR count). The minimum atomic E-state index is -0.364. The van der Waals surface area contributed by atoms with Gasteiger partial charge in [-0.2, -0.15) is 10.2 Å². The number of ether oxygens (including phenoxy) is 1. The number of halogens is 1. The summed E-state index contributed by atoms with van der Waals surface area (Å²) in [6.07, 6.45) is 3.06. The summed E-state index contributed by atoms with van der Waals surface area (Å²) >= 11 is 3.21. The van der Waals surface area contributed by atoms with E-state index in [1.165, 1.54) is 6.20 Å². The predicted molar refractivity (Wildman–Crippen MR) is 79.0 cm³/mol. The first kappa shape index (κ1) is 14.3. The van der Waals surface area contributed by atoms with Gasteiger partial charge in [0.2, 0.25) is 0 Å². The molecule has 2 N–H and O–H groups in total. The summed E-state index contributed by atoms with van der Waals surface area (Å²) < 4.78 is 5.92. The number of aromatic nitrogens is 2. The van der Waals surface area contributed by atoms with Gasteiger partial charge in [-0.1, -0.05) is 0 Å². The molecule has 1 aromatic heterocycles. The highest BCUT2D eigenvalue weighted by Gasteiger charge is 2.10. The van der Waals surface area contributed by atoms with E-state index in [1.807, 2.05) is 31.2 Å². The minimum Gasteiger partial charge on any atom is -0.494 e. The van der Waals surface area contributed by atoms with Crippen LogP contribution in [0.3, 0.4) is 0 Å². The molecule has 0 radical (unpaired) electrons. The van der Waals surface area contributed by atoms with E-state index >= 15 is 0 Å². The number of H-pyrrole nitrogens is 1. The minimum absolute atomic E-state index is 0.328. The zero-order chi connectivity index (χ0) is 14.4. The Hall–Kier alpha value is -2.15. The molecule has 20 heavy (non-hydrogen) atoms. The maximum absolute atomic E-state index is 11.7. The monoisotopic (exact) mass is 336 g/mol. The fourth-order valence-electron chi connectivity index (χ4n) is 1.47. The van der Waals surface area contributed by atoms with Crippen LogP contribution in [0.25, 0.3) is 0 Å². The number of amides is 1. The van der Waals surface area contributed by atoms with E-state index < -0.39 is 0 Å². The molecule has 1 amide bonds. The van der Waals surface area contributed by atoms with Crippen LogP contribution in [-0.2, 0) is 0 Å². The molecule has 0 unspecified atom stereocenters. The Bertz CT molecular complexity index is 607. The Morgan fingerprint density at radius 2 is 2.25 bits per heavy atom. The number of nitrogens with one attached hydrogen (secondary N) is 2. The van der Waals surface area contributed by atoms with E-state index in [9.17, 15) is 4.79 Å². The number of hydrogen-bond acceptors (Lipinski definition) is 4. The van der Waals surface area contributed by atoms with Crippen molar-refractivity contribution in [1.29, 1.82) is 0 Å². The van der Waals surface area contributed by atoms with Gasteiger partial charge in [-0.15, -0.1) is 0 Å². The Morgan fingerprint density at radius 1 is 1.50 bits per heavy atom. The van der Waals surface area contributed by atoms with Crippen molar-refractivity contribution in [3.8, 4) is 5.75 Å². The number of hydrogen-bond donors (Lipinski definition) is 2. The van der Waals surface area contributed by atoms with E-state index in [4.69, 9.17) is 4.74 Å². The lowest BCUT2D eigenvalue weighted by Crippen LogP contribution is -2.18. The van der Waals surface area contributed by atoms with Gasteiger partial charge in [0.1, 0.15) is 11.4 Å². The SMILES string of the molecule is CCOc1ccc(C=NNC(=O)c2[nH]ncc2Br)cc1. The van der Waals surface area contributed by atoms with Gasteiger partial charge in [0.25, 0.3) is 5.91 Å². The third kappa shape index (κ3) is 3.67. The van der Waals surface area contributed by atoms with Crippen LogP contribution in [-0.4, -0.2) is 28.9 Å². The van der Waals surface area contributed by atoms with E-state index in [-0.39, 0.29) is 5.91 Å². The molecule has 6 nitrogen and oxygen atoms in total. The number of rotatable bonds is 5. The van der Waals surface area contributed by atoms with Crippen molar-refractivity contribution in [3.63, 3.8) is 0 Å². The first-order chi connectivity index (χ1) is 9.70. The first-order valence-electron chi connectivity index (χ1n) is 5.96. The van der Waals surface area contributed by atoms with Crippen molar-refractivity contribution in [3.05, 3.63) is 46.2 Å². The molecule has 1 heterocycles. The summed E-state index contributed by atoms with van der Waals surface area (Å²) in [7, 11) is 0. The largest absolute Gasteiger partial charge is 0.494 e. The van der Waals surface area contributed by atoms with Crippen molar-refractivity contribution < 1.29 is 9.53 Å². The summed E-state index contributed by atoms with van der Waals surface area (Å²) in [5, 5.41) is 10.2. The molecule has 0 spiro atoms. The van der Waals surface area contributed by atoms with Crippen molar-refractivity contribution in [2.75, 3.05) is 6.61 Å². The van der Waals surface area contributed by atoms with Gasteiger partial charge < -0.3 is 4.74 Å². The maximum atomic E-state index is 11.7. The van der Waals surface area contributed by atoms with Gasteiger partial charge in [-0.3, -0.25) is 9.89 Å². The molecular weight excluding hydrogens is 324 g/mol. The first-order valence-corrected chi connectivity index (χ1v) is 6.75. The highest BCUT2D eigenvalue weighted by Crippen LogP contribution is 2.12. The van der Waals surface area contributed by atoms with Gasteiger partial charge in [-0.25, -0.2) is 5.43 Å². The van der Waals surface area contributed by atoms with Crippen LogP contribution >= 0.6 is 15.9 Å². The summed E-state index contributed by atoms with van der Waals surface area (Å²) in [5.41, 5.74) is 3.60. The van der Waals surface area contributed by atoms with E-state index in [2.05, 4.69) is 36.7 Å². The van der Waals surface area contributed by atoms with Gasteiger partial charge in [0.15, 0.2) is 0 Å². The van der Waals surface area contributed by atoms with Gasteiger partial charge >= 0.3 is 0 Å². The lowest BCUT2D eigenvalue weighted by atomic mass is 10.2. The second-order valence-electron chi connectivity index (χ2n) is 3.79. The Balaban J connectivity index is 1.93. The highest BCUT2D eigenvalue weighted by molar-refractivity contribution is 9.10. The lowest BCUT2D eigenvalue weighted by molar-refractivity contribution is 0.0949. The molecule has 0 atom stereocenters. The third-order valence-electron chi connectivity index (χ3n) is 2.39. The second kappa shape index (κ2) is 6.85. The molecule has 2 aromatic rings. The molecule has 0 fully saturated rings. The van der Waals surface area contributed by atoms with Crippen molar-refractivity contribution in [1.82, 2.24) is 15.6 Å². The summed E-state index contributed by atoms with van der Waals surface area (Å²) in [4.78, 5) is 11.7. The van der Waals surface area contributed by atoms with Gasteiger partial charge in [0.05, 0.1) is 23.5 Å².